The molecular weight excluding hydrogens is 172 g/mol. The molecule has 2 fully saturated rings. The largest absolute Gasteiger partial charge is 0.432 e. The van der Waals surface area contributed by atoms with Gasteiger partial charge in [-0.2, -0.15) is 0 Å². The molecule has 0 aromatic carbocycles. The maximum Gasteiger partial charge on any atom is 0.308 e. The first-order valence-corrected chi connectivity index (χ1v) is 4.48. The molecule has 2 saturated heterocycles. The monoisotopic (exact) mass is 184 g/mol. The predicted octanol–water partition coefficient (Wildman–Crippen LogP) is 0.645. The lowest BCUT2D eigenvalue weighted by Crippen LogP contribution is -2.35. The van der Waals surface area contributed by atoms with Crippen LogP contribution in [0.2, 0.25) is 0 Å². The number of ketones is 1. The van der Waals surface area contributed by atoms with Crippen molar-refractivity contribution in [2.24, 2.45) is 5.92 Å². The van der Waals surface area contributed by atoms with E-state index >= 15 is 0 Å². The molecule has 0 unspecified atom stereocenters. The number of hydrogen-bond acceptors (Lipinski definition) is 4. The Bertz CT molecular complexity index is 260. The molecule has 0 bridgehead atoms. The SMILES string of the molecule is CC(=O)C[C@]12OCC[C@H]1CC(=O)O2. The summed E-state index contributed by atoms with van der Waals surface area (Å²) in [5, 5.41) is 0. The van der Waals surface area contributed by atoms with E-state index in [4.69, 9.17) is 9.47 Å². The predicted molar refractivity (Wildman–Crippen MR) is 42.8 cm³/mol. The number of rotatable bonds is 2. The first-order chi connectivity index (χ1) is 6.12. The normalized spacial score (nSPS) is 37.3. The number of carbonyl (C=O) groups is 2. The summed E-state index contributed by atoms with van der Waals surface area (Å²) in [6.45, 7) is 2.07. The summed E-state index contributed by atoms with van der Waals surface area (Å²) in [5.74, 6) is -1.06. The molecule has 0 N–H and O–H groups in total. The molecular formula is C9H12O4. The van der Waals surface area contributed by atoms with Crippen LogP contribution in [0.3, 0.4) is 0 Å². The molecule has 2 rings (SSSR count). The van der Waals surface area contributed by atoms with Crippen molar-refractivity contribution in [3.05, 3.63) is 0 Å². The van der Waals surface area contributed by atoms with Gasteiger partial charge in [0.05, 0.1) is 19.4 Å². The van der Waals surface area contributed by atoms with Gasteiger partial charge in [0.15, 0.2) is 0 Å². The maximum atomic E-state index is 11.0. The van der Waals surface area contributed by atoms with Crippen LogP contribution in [0.15, 0.2) is 0 Å². The van der Waals surface area contributed by atoms with Crippen LogP contribution in [0.5, 0.6) is 0 Å². The Kier molecular flexibility index (Phi) is 1.87. The van der Waals surface area contributed by atoms with Gasteiger partial charge in [-0.1, -0.05) is 0 Å². The van der Waals surface area contributed by atoms with E-state index < -0.39 is 5.79 Å². The van der Waals surface area contributed by atoms with Crippen LogP contribution in [-0.4, -0.2) is 24.1 Å². The summed E-state index contributed by atoms with van der Waals surface area (Å²) in [6.07, 6.45) is 1.41. The highest BCUT2D eigenvalue weighted by Crippen LogP contribution is 2.43. The van der Waals surface area contributed by atoms with Crippen molar-refractivity contribution in [3.63, 3.8) is 0 Å². The Morgan fingerprint density at radius 3 is 3.15 bits per heavy atom. The molecule has 0 aromatic heterocycles. The number of ether oxygens (including phenoxy) is 2. The van der Waals surface area contributed by atoms with Crippen molar-refractivity contribution < 1.29 is 19.1 Å². The van der Waals surface area contributed by atoms with E-state index in [1.165, 1.54) is 6.92 Å². The van der Waals surface area contributed by atoms with Crippen molar-refractivity contribution in [2.75, 3.05) is 6.61 Å². The van der Waals surface area contributed by atoms with Gasteiger partial charge < -0.3 is 9.47 Å². The van der Waals surface area contributed by atoms with Crippen LogP contribution in [0.25, 0.3) is 0 Å². The number of hydrogen-bond donors (Lipinski definition) is 0. The van der Waals surface area contributed by atoms with Crippen molar-refractivity contribution in [3.8, 4) is 0 Å². The quantitative estimate of drug-likeness (QED) is 0.591. The molecule has 0 aromatic rings. The Hall–Kier alpha value is -0.900. The average Bonchev–Trinajstić information content (AvgIpc) is 2.40. The zero-order valence-electron chi connectivity index (χ0n) is 7.54. The minimum atomic E-state index is -0.900. The highest BCUT2D eigenvalue weighted by Gasteiger charge is 2.54. The van der Waals surface area contributed by atoms with Crippen LogP contribution >= 0.6 is 0 Å². The second-order valence-corrected chi connectivity index (χ2v) is 3.70. The number of carbonyl (C=O) groups excluding carboxylic acids is 2. The minimum absolute atomic E-state index is 0.00148. The van der Waals surface area contributed by atoms with Crippen molar-refractivity contribution in [1.29, 1.82) is 0 Å². The highest BCUT2D eigenvalue weighted by molar-refractivity contribution is 5.79. The fourth-order valence-corrected chi connectivity index (χ4v) is 2.10. The average molecular weight is 184 g/mol. The first kappa shape index (κ1) is 8.69. The van der Waals surface area contributed by atoms with Crippen LogP contribution in [0, 0.1) is 5.92 Å². The maximum absolute atomic E-state index is 11.0. The molecule has 2 aliphatic rings. The third kappa shape index (κ3) is 1.35. The van der Waals surface area contributed by atoms with Gasteiger partial charge in [0.2, 0.25) is 5.79 Å². The smallest absolute Gasteiger partial charge is 0.308 e. The number of Topliss-reactive ketones (excluding diaryl/α,β-unsaturated/α-hetero) is 1. The lowest BCUT2D eigenvalue weighted by Gasteiger charge is -2.24. The van der Waals surface area contributed by atoms with Crippen LogP contribution in [-0.2, 0) is 19.1 Å². The Morgan fingerprint density at radius 2 is 2.46 bits per heavy atom. The molecule has 0 amide bonds. The topological polar surface area (TPSA) is 52.6 Å². The minimum Gasteiger partial charge on any atom is -0.432 e. The molecule has 0 spiro atoms. The summed E-state index contributed by atoms with van der Waals surface area (Å²) < 4.78 is 10.5. The van der Waals surface area contributed by atoms with Crippen LogP contribution < -0.4 is 0 Å². The second kappa shape index (κ2) is 2.80. The number of esters is 1. The van der Waals surface area contributed by atoms with Gasteiger partial charge in [0.25, 0.3) is 0 Å². The standard InChI is InChI=1S/C9H12O4/c1-6(10)5-9-7(2-3-12-9)4-8(11)13-9/h7H,2-5H2,1H3/t7-,9+/m0/s1. The van der Waals surface area contributed by atoms with Gasteiger partial charge >= 0.3 is 5.97 Å². The van der Waals surface area contributed by atoms with E-state index in [0.717, 1.165) is 6.42 Å². The van der Waals surface area contributed by atoms with Crippen LogP contribution in [0.4, 0.5) is 0 Å². The third-order valence-electron chi connectivity index (χ3n) is 2.63. The van der Waals surface area contributed by atoms with Gasteiger partial charge in [-0.3, -0.25) is 9.59 Å². The van der Waals surface area contributed by atoms with Gasteiger partial charge in [-0.05, 0) is 13.3 Å². The molecule has 4 heteroatoms. The summed E-state index contributed by atoms with van der Waals surface area (Å²) in [5.41, 5.74) is 0. The summed E-state index contributed by atoms with van der Waals surface area (Å²) in [7, 11) is 0. The zero-order valence-corrected chi connectivity index (χ0v) is 7.54. The molecule has 2 aliphatic heterocycles. The fourth-order valence-electron chi connectivity index (χ4n) is 2.10. The lowest BCUT2D eigenvalue weighted by atomic mass is 9.93. The summed E-state index contributed by atoms with van der Waals surface area (Å²) in [6, 6.07) is 0. The third-order valence-corrected chi connectivity index (χ3v) is 2.63. The first-order valence-electron chi connectivity index (χ1n) is 4.48. The molecule has 0 saturated carbocycles. The molecule has 72 valence electrons. The summed E-state index contributed by atoms with van der Waals surface area (Å²) >= 11 is 0. The second-order valence-electron chi connectivity index (χ2n) is 3.70. The van der Waals surface area contributed by atoms with Crippen molar-refractivity contribution >= 4 is 11.8 Å². The van der Waals surface area contributed by atoms with E-state index in [2.05, 4.69) is 0 Å². The van der Waals surface area contributed by atoms with E-state index in [9.17, 15) is 9.59 Å². The number of fused-ring (bicyclic) bond motifs is 1. The molecule has 0 radical (unpaired) electrons. The highest BCUT2D eigenvalue weighted by atomic mass is 16.7. The van der Waals surface area contributed by atoms with E-state index in [1.54, 1.807) is 0 Å². The Balaban J connectivity index is 2.18. The molecule has 2 atom stereocenters. The summed E-state index contributed by atoms with van der Waals surface area (Å²) in [4.78, 5) is 22.0. The van der Waals surface area contributed by atoms with Crippen LogP contribution in [0.1, 0.15) is 26.2 Å². The van der Waals surface area contributed by atoms with Gasteiger partial charge in [-0.25, -0.2) is 0 Å². The Morgan fingerprint density at radius 1 is 1.69 bits per heavy atom. The van der Waals surface area contributed by atoms with Crippen molar-refractivity contribution in [2.45, 2.75) is 32.0 Å². The molecule has 4 nitrogen and oxygen atoms in total. The fraction of sp³-hybridized carbons (Fsp3) is 0.778. The van der Waals surface area contributed by atoms with Gasteiger partial charge in [-0.15, -0.1) is 0 Å². The van der Waals surface area contributed by atoms with Gasteiger partial charge in [0.1, 0.15) is 5.78 Å². The Labute approximate surface area is 76.2 Å². The van der Waals surface area contributed by atoms with Crippen molar-refractivity contribution in [1.82, 2.24) is 0 Å². The molecule has 0 aliphatic carbocycles. The molecule has 13 heavy (non-hydrogen) atoms. The van der Waals surface area contributed by atoms with E-state index in [-0.39, 0.29) is 24.1 Å². The van der Waals surface area contributed by atoms with E-state index in [0.29, 0.717) is 13.0 Å². The lowest BCUT2D eigenvalue weighted by molar-refractivity contribution is -0.204. The van der Waals surface area contributed by atoms with Gasteiger partial charge in [0, 0.05) is 5.92 Å². The molecule has 2 heterocycles. The zero-order chi connectivity index (χ0) is 9.47. The van der Waals surface area contributed by atoms with E-state index in [1.807, 2.05) is 0 Å².